The first-order valence-corrected chi connectivity index (χ1v) is 6.66. The molecular weight excluding hydrogens is 306 g/mol. The highest BCUT2D eigenvalue weighted by Gasteiger charge is 2.13. The average molecular weight is 316 g/mol. The van der Waals surface area contributed by atoms with E-state index >= 15 is 0 Å². The van der Waals surface area contributed by atoms with Crippen molar-refractivity contribution in [3.63, 3.8) is 0 Å². The first kappa shape index (κ1) is 14.0. The molecular formula is C14H10ClN5O2. The molecule has 0 fully saturated rings. The number of nitrogens with two attached hydrogens (primary N) is 1. The van der Waals surface area contributed by atoms with Gasteiger partial charge < -0.3 is 5.73 Å². The molecule has 7 nitrogen and oxygen atoms in total. The molecule has 0 unspecified atom stereocenters. The molecule has 2 N–H and O–H groups in total. The number of anilines is 1. The van der Waals surface area contributed by atoms with Gasteiger partial charge in [0.05, 0.1) is 10.6 Å². The Morgan fingerprint density at radius 2 is 1.73 bits per heavy atom. The molecule has 0 radical (unpaired) electrons. The predicted octanol–water partition coefficient (Wildman–Crippen LogP) is 3.08. The Morgan fingerprint density at radius 1 is 1.09 bits per heavy atom. The van der Waals surface area contributed by atoms with E-state index in [1.165, 1.54) is 16.8 Å². The molecule has 0 aliphatic carbocycles. The van der Waals surface area contributed by atoms with Crippen LogP contribution in [0, 0.1) is 10.1 Å². The Kier molecular flexibility index (Phi) is 3.48. The fourth-order valence-corrected chi connectivity index (χ4v) is 2.14. The minimum absolute atomic E-state index is 0.00452. The summed E-state index contributed by atoms with van der Waals surface area (Å²) < 4.78 is 1.53. The van der Waals surface area contributed by atoms with Crippen LogP contribution in [0.5, 0.6) is 0 Å². The van der Waals surface area contributed by atoms with Crippen LogP contribution in [0.15, 0.2) is 48.5 Å². The summed E-state index contributed by atoms with van der Waals surface area (Å²) in [5.74, 6) is 0.645. The van der Waals surface area contributed by atoms with E-state index in [0.717, 1.165) is 5.56 Å². The van der Waals surface area contributed by atoms with Crippen LogP contribution in [0.4, 0.5) is 11.6 Å². The highest BCUT2D eigenvalue weighted by atomic mass is 35.5. The lowest BCUT2D eigenvalue weighted by molar-refractivity contribution is -0.384. The third kappa shape index (κ3) is 2.61. The summed E-state index contributed by atoms with van der Waals surface area (Å²) in [6.45, 7) is 0. The van der Waals surface area contributed by atoms with Crippen molar-refractivity contribution in [1.29, 1.82) is 0 Å². The number of benzene rings is 2. The van der Waals surface area contributed by atoms with Gasteiger partial charge in [-0.2, -0.15) is 4.98 Å². The van der Waals surface area contributed by atoms with Crippen LogP contribution in [0.2, 0.25) is 5.02 Å². The van der Waals surface area contributed by atoms with Crippen molar-refractivity contribution in [3.05, 3.63) is 63.7 Å². The summed E-state index contributed by atoms with van der Waals surface area (Å²) in [4.78, 5) is 14.4. The van der Waals surface area contributed by atoms with Crippen LogP contribution in [-0.2, 0) is 0 Å². The van der Waals surface area contributed by atoms with E-state index in [4.69, 9.17) is 17.3 Å². The normalized spacial score (nSPS) is 10.6. The molecule has 0 aliphatic rings. The summed E-state index contributed by atoms with van der Waals surface area (Å²) in [7, 11) is 0. The Balaban J connectivity index is 2.07. The molecule has 1 aromatic heterocycles. The van der Waals surface area contributed by atoms with Crippen molar-refractivity contribution >= 4 is 23.2 Å². The van der Waals surface area contributed by atoms with E-state index in [9.17, 15) is 10.1 Å². The lowest BCUT2D eigenvalue weighted by atomic mass is 10.2. The zero-order valence-electron chi connectivity index (χ0n) is 11.2. The summed E-state index contributed by atoms with van der Waals surface area (Å²) in [6, 6.07) is 13.1. The van der Waals surface area contributed by atoms with Crippen molar-refractivity contribution < 1.29 is 4.92 Å². The fourth-order valence-electron chi connectivity index (χ4n) is 2.01. The molecule has 0 atom stereocenters. The molecule has 0 saturated heterocycles. The molecule has 0 amide bonds. The monoisotopic (exact) mass is 315 g/mol. The number of non-ortho nitro benzene ring substituents is 1. The second-order valence-electron chi connectivity index (χ2n) is 4.49. The number of hydrogen-bond donors (Lipinski definition) is 1. The van der Waals surface area contributed by atoms with Crippen LogP contribution in [0.25, 0.3) is 17.1 Å². The summed E-state index contributed by atoms with van der Waals surface area (Å²) >= 11 is 5.88. The zero-order chi connectivity index (χ0) is 15.7. The van der Waals surface area contributed by atoms with Crippen molar-refractivity contribution in [2.45, 2.75) is 0 Å². The zero-order valence-corrected chi connectivity index (χ0v) is 11.9. The van der Waals surface area contributed by atoms with Crippen molar-refractivity contribution in [1.82, 2.24) is 14.8 Å². The third-order valence-corrected chi connectivity index (χ3v) is 3.28. The second kappa shape index (κ2) is 5.45. The van der Waals surface area contributed by atoms with Gasteiger partial charge >= 0.3 is 0 Å². The minimum Gasteiger partial charge on any atom is -0.366 e. The Morgan fingerprint density at radius 3 is 2.32 bits per heavy atom. The van der Waals surface area contributed by atoms with Crippen LogP contribution < -0.4 is 5.73 Å². The van der Waals surface area contributed by atoms with E-state index < -0.39 is 4.92 Å². The van der Waals surface area contributed by atoms with E-state index in [1.807, 2.05) is 0 Å². The van der Waals surface area contributed by atoms with E-state index in [2.05, 4.69) is 10.1 Å². The van der Waals surface area contributed by atoms with E-state index in [1.54, 1.807) is 36.4 Å². The number of aromatic nitrogens is 3. The number of nitrogen functional groups attached to an aromatic ring is 1. The van der Waals surface area contributed by atoms with Gasteiger partial charge in [-0.15, -0.1) is 5.10 Å². The molecule has 0 saturated carbocycles. The predicted molar refractivity (Wildman–Crippen MR) is 82.9 cm³/mol. The number of hydrogen-bond acceptors (Lipinski definition) is 5. The molecule has 0 spiro atoms. The average Bonchev–Trinajstić information content (AvgIpc) is 2.90. The van der Waals surface area contributed by atoms with Gasteiger partial charge in [-0.05, 0) is 36.4 Å². The quantitative estimate of drug-likeness (QED) is 0.591. The van der Waals surface area contributed by atoms with Crippen molar-refractivity contribution in [2.75, 3.05) is 5.73 Å². The van der Waals surface area contributed by atoms with Gasteiger partial charge in [-0.1, -0.05) is 11.6 Å². The molecule has 2 aromatic carbocycles. The molecule has 0 aliphatic heterocycles. The number of halogens is 1. The number of nitrogens with zero attached hydrogens (tertiary/aromatic N) is 4. The highest BCUT2D eigenvalue weighted by Crippen LogP contribution is 2.24. The SMILES string of the molecule is Nc1nc(-c2ccc(Cl)cc2)n(-c2ccc([N+](=O)[O-])cc2)n1. The van der Waals surface area contributed by atoms with E-state index in [0.29, 0.717) is 16.5 Å². The Hall–Kier alpha value is -2.93. The number of nitro benzene ring substituents is 1. The van der Waals surface area contributed by atoms with Gasteiger partial charge in [0.1, 0.15) is 0 Å². The molecule has 110 valence electrons. The van der Waals surface area contributed by atoms with Gasteiger partial charge in [-0.3, -0.25) is 10.1 Å². The Labute approximate surface area is 130 Å². The fraction of sp³-hybridized carbons (Fsp3) is 0. The summed E-state index contributed by atoms with van der Waals surface area (Å²) in [6.07, 6.45) is 0. The lowest BCUT2D eigenvalue weighted by Gasteiger charge is -2.05. The molecule has 3 aromatic rings. The second-order valence-corrected chi connectivity index (χ2v) is 4.92. The maximum Gasteiger partial charge on any atom is 0.269 e. The van der Waals surface area contributed by atoms with Gasteiger partial charge in [0, 0.05) is 22.7 Å². The van der Waals surface area contributed by atoms with Gasteiger partial charge in [-0.25, -0.2) is 4.68 Å². The minimum atomic E-state index is -0.459. The first-order valence-electron chi connectivity index (χ1n) is 6.28. The third-order valence-electron chi connectivity index (χ3n) is 3.03. The largest absolute Gasteiger partial charge is 0.366 e. The highest BCUT2D eigenvalue weighted by molar-refractivity contribution is 6.30. The molecule has 3 rings (SSSR count). The molecule has 0 bridgehead atoms. The molecule has 1 heterocycles. The number of rotatable bonds is 3. The van der Waals surface area contributed by atoms with Gasteiger partial charge in [0.15, 0.2) is 5.82 Å². The molecule has 22 heavy (non-hydrogen) atoms. The maximum atomic E-state index is 10.7. The maximum absolute atomic E-state index is 10.7. The molecule has 8 heteroatoms. The standard InChI is InChI=1S/C14H10ClN5O2/c15-10-3-1-9(2-4-10)13-17-14(16)18-19(13)11-5-7-12(8-6-11)20(21)22/h1-8H,(H2,16,18). The topological polar surface area (TPSA) is 99.9 Å². The Bertz CT molecular complexity index is 827. The smallest absolute Gasteiger partial charge is 0.269 e. The first-order chi connectivity index (χ1) is 10.5. The van der Waals surface area contributed by atoms with Crippen LogP contribution in [0.1, 0.15) is 0 Å². The summed E-state index contributed by atoms with van der Waals surface area (Å²) in [5, 5.41) is 15.5. The van der Waals surface area contributed by atoms with Crippen molar-refractivity contribution in [2.24, 2.45) is 0 Å². The van der Waals surface area contributed by atoms with Gasteiger partial charge in [0.25, 0.3) is 5.69 Å². The van der Waals surface area contributed by atoms with Crippen molar-refractivity contribution in [3.8, 4) is 17.1 Å². The van der Waals surface area contributed by atoms with Crippen LogP contribution in [0.3, 0.4) is 0 Å². The van der Waals surface area contributed by atoms with Crippen LogP contribution in [-0.4, -0.2) is 19.7 Å². The van der Waals surface area contributed by atoms with E-state index in [-0.39, 0.29) is 11.6 Å². The van der Waals surface area contributed by atoms with Crippen LogP contribution >= 0.6 is 11.6 Å². The van der Waals surface area contributed by atoms with Gasteiger partial charge in [0.2, 0.25) is 5.95 Å². The number of nitro groups is 1. The summed E-state index contributed by atoms with van der Waals surface area (Å²) in [5.41, 5.74) is 7.10. The lowest BCUT2D eigenvalue weighted by Crippen LogP contribution is -2.00.